The molecule has 0 saturated carbocycles. The lowest BCUT2D eigenvalue weighted by Crippen LogP contribution is -2.37. The van der Waals surface area contributed by atoms with Crippen LogP contribution in [0.15, 0.2) is 78.9 Å². The molecule has 3 unspecified atom stereocenters. The van der Waals surface area contributed by atoms with Gasteiger partial charge in [-0.1, -0.05) is 41.9 Å². The Hall–Kier alpha value is -3.22. The van der Waals surface area contributed by atoms with Crippen molar-refractivity contribution in [3.05, 3.63) is 95.3 Å². The third kappa shape index (κ3) is 2.96. The minimum atomic E-state index is -0.998. The monoisotopic (exact) mass is 422 g/mol. The normalized spacial score (nSPS) is 23.2. The molecule has 0 N–H and O–H groups in total. The summed E-state index contributed by atoms with van der Waals surface area (Å²) in [6, 6.07) is 21.0. The van der Waals surface area contributed by atoms with E-state index >= 15 is 0 Å². The van der Waals surface area contributed by atoms with E-state index in [2.05, 4.69) is 0 Å². The van der Waals surface area contributed by atoms with E-state index < -0.39 is 29.8 Å². The molecule has 3 aromatic carbocycles. The van der Waals surface area contributed by atoms with Crippen LogP contribution in [0.3, 0.4) is 0 Å². The van der Waals surface area contributed by atoms with Crippen molar-refractivity contribution in [1.82, 2.24) is 0 Å². The lowest BCUT2D eigenvalue weighted by atomic mass is 9.90. The SMILES string of the molecule is O=C1C2ON(c3ccccc3)C(c3cccc(F)c3)C2C(=O)N1c1ccc(Cl)cc1. The van der Waals surface area contributed by atoms with Gasteiger partial charge < -0.3 is 0 Å². The first kappa shape index (κ1) is 18.8. The lowest BCUT2D eigenvalue weighted by molar-refractivity contribution is -0.126. The van der Waals surface area contributed by atoms with Crippen LogP contribution < -0.4 is 9.96 Å². The van der Waals surface area contributed by atoms with Crippen LogP contribution in [0.1, 0.15) is 11.6 Å². The highest BCUT2D eigenvalue weighted by Crippen LogP contribution is 2.47. The number of anilines is 2. The van der Waals surface area contributed by atoms with Crippen LogP contribution in [-0.4, -0.2) is 17.9 Å². The number of carbonyl (C=O) groups excluding carboxylic acids is 2. The molecule has 0 radical (unpaired) electrons. The summed E-state index contributed by atoms with van der Waals surface area (Å²) in [6.45, 7) is 0. The van der Waals surface area contributed by atoms with Crippen LogP contribution >= 0.6 is 11.6 Å². The number of imide groups is 1. The summed E-state index contributed by atoms with van der Waals surface area (Å²) in [7, 11) is 0. The maximum atomic E-state index is 14.0. The highest BCUT2D eigenvalue weighted by molar-refractivity contribution is 6.31. The van der Waals surface area contributed by atoms with E-state index in [9.17, 15) is 14.0 Å². The van der Waals surface area contributed by atoms with E-state index in [1.54, 1.807) is 41.5 Å². The van der Waals surface area contributed by atoms with Gasteiger partial charge in [-0.2, -0.15) is 0 Å². The predicted octanol–water partition coefficient (Wildman–Crippen LogP) is 4.53. The lowest BCUT2D eigenvalue weighted by Gasteiger charge is -2.28. The Labute approximate surface area is 177 Å². The molecule has 2 fully saturated rings. The number of rotatable bonds is 3. The first-order valence-corrected chi connectivity index (χ1v) is 9.82. The molecule has 0 aliphatic carbocycles. The number of benzene rings is 3. The van der Waals surface area contributed by atoms with Crippen molar-refractivity contribution in [3.8, 4) is 0 Å². The molecule has 2 saturated heterocycles. The molecule has 3 atom stereocenters. The van der Waals surface area contributed by atoms with E-state index in [1.165, 1.54) is 12.1 Å². The van der Waals surface area contributed by atoms with E-state index in [1.807, 2.05) is 30.3 Å². The van der Waals surface area contributed by atoms with Gasteiger partial charge in [0.1, 0.15) is 11.7 Å². The van der Waals surface area contributed by atoms with Crippen molar-refractivity contribution in [1.29, 1.82) is 0 Å². The minimum Gasteiger partial charge on any atom is -0.273 e. The second-order valence-corrected chi connectivity index (χ2v) is 7.64. The van der Waals surface area contributed by atoms with Gasteiger partial charge in [-0.15, -0.1) is 0 Å². The molecule has 30 heavy (non-hydrogen) atoms. The average Bonchev–Trinajstić information content (AvgIpc) is 3.26. The Bertz CT molecular complexity index is 1120. The number of para-hydroxylation sites is 1. The Morgan fingerprint density at radius 1 is 0.833 bits per heavy atom. The van der Waals surface area contributed by atoms with Gasteiger partial charge >= 0.3 is 0 Å². The molecule has 2 heterocycles. The third-order valence-electron chi connectivity index (χ3n) is 5.40. The highest BCUT2D eigenvalue weighted by atomic mass is 35.5. The second-order valence-electron chi connectivity index (χ2n) is 7.20. The molecule has 0 aromatic heterocycles. The van der Waals surface area contributed by atoms with Gasteiger partial charge in [-0.25, -0.2) is 14.4 Å². The molecule has 5 nitrogen and oxygen atoms in total. The summed E-state index contributed by atoms with van der Waals surface area (Å²) in [5, 5.41) is 2.04. The molecule has 2 aliphatic heterocycles. The molecule has 2 aliphatic rings. The zero-order valence-corrected chi connectivity index (χ0v) is 16.4. The van der Waals surface area contributed by atoms with E-state index in [0.717, 1.165) is 4.90 Å². The van der Waals surface area contributed by atoms with E-state index in [4.69, 9.17) is 16.4 Å². The molecule has 2 amide bonds. The van der Waals surface area contributed by atoms with Gasteiger partial charge in [-0.3, -0.25) is 14.4 Å². The van der Waals surface area contributed by atoms with Crippen molar-refractivity contribution in [2.45, 2.75) is 12.1 Å². The third-order valence-corrected chi connectivity index (χ3v) is 5.65. The molecule has 150 valence electrons. The molecule has 5 rings (SSSR count). The van der Waals surface area contributed by atoms with Crippen molar-refractivity contribution in [2.75, 3.05) is 9.96 Å². The quantitative estimate of drug-likeness (QED) is 0.582. The zero-order chi connectivity index (χ0) is 20.8. The molecule has 3 aromatic rings. The van der Waals surface area contributed by atoms with Crippen LogP contribution in [0.5, 0.6) is 0 Å². The van der Waals surface area contributed by atoms with Gasteiger partial charge in [0.25, 0.3) is 5.91 Å². The minimum absolute atomic E-state index is 0.389. The highest BCUT2D eigenvalue weighted by Gasteiger charge is 2.60. The maximum absolute atomic E-state index is 14.0. The Kier molecular flexibility index (Phi) is 4.53. The molecule has 7 heteroatoms. The zero-order valence-electron chi connectivity index (χ0n) is 15.6. The number of hydrogen-bond donors (Lipinski definition) is 0. The van der Waals surface area contributed by atoms with Crippen LogP contribution in [0.2, 0.25) is 5.02 Å². The molecular formula is C23H16ClFN2O3. The number of hydrogen-bond acceptors (Lipinski definition) is 4. The average molecular weight is 423 g/mol. The van der Waals surface area contributed by atoms with Gasteiger partial charge in [0.05, 0.1) is 17.4 Å². The summed E-state index contributed by atoms with van der Waals surface area (Å²) in [6.07, 6.45) is -0.998. The van der Waals surface area contributed by atoms with E-state index in [0.29, 0.717) is 22.0 Å². The number of amides is 2. The summed E-state index contributed by atoms with van der Waals surface area (Å²) in [4.78, 5) is 33.7. The number of carbonyl (C=O) groups is 2. The Morgan fingerprint density at radius 3 is 2.27 bits per heavy atom. The summed E-state index contributed by atoms with van der Waals surface area (Å²) in [5.74, 6) is -2.07. The fourth-order valence-electron chi connectivity index (χ4n) is 4.09. The smallest absolute Gasteiger partial charge is 0.266 e. The van der Waals surface area contributed by atoms with Crippen LogP contribution in [0.25, 0.3) is 0 Å². The first-order chi connectivity index (χ1) is 14.5. The van der Waals surface area contributed by atoms with Crippen LogP contribution in [0, 0.1) is 11.7 Å². The topological polar surface area (TPSA) is 49.9 Å². The summed E-state index contributed by atoms with van der Waals surface area (Å²) < 4.78 is 14.0. The number of hydroxylamine groups is 1. The number of halogens is 2. The van der Waals surface area contributed by atoms with Gasteiger partial charge in [0.15, 0.2) is 6.10 Å². The summed E-state index contributed by atoms with van der Waals surface area (Å²) >= 11 is 5.94. The van der Waals surface area contributed by atoms with Crippen LogP contribution in [0.4, 0.5) is 15.8 Å². The second kappa shape index (κ2) is 7.23. The van der Waals surface area contributed by atoms with Gasteiger partial charge in [0, 0.05) is 5.02 Å². The van der Waals surface area contributed by atoms with Crippen molar-refractivity contribution < 1.29 is 18.8 Å². The van der Waals surface area contributed by atoms with Crippen molar-refractivity contribution >= 4 is 34.8 Å². The maximum Gasteiger partial charge on any atom is 0.266 e. The largest absolute Gasteiger partial charge is 0.273 e. The van der Waals surface area contributed by atoms with Crippen molar-refractivity contribution in [2.24, 2.45) is 5.92 Å². The Morgan fingerprint density at radius 2 is 1.57 bits per heavy atom. The van der Waals surface area contributed by atoms with Crippen molar-refractivity contribution in [3.63, 3.8) is 0 Å². The first-order valence-electron chi connectivity index (χ1n) is 9.44. The summed E-state index contributed by atoms with van der Waals surface area (Å²) in [5.41, 5.74) is 1.67. The standard InChI is InChI=1S/C23H16ClFN2O3/c24-15-9-11-17(12-10-15)26-22(28)19-20(14-5-4-6-16(25)13-14)27(30-21(19)23(26)29)18-7-2-1-3-8-18/h1-13,19-21H. The van der Waals surface area contributed by atoms with E-state index in [-0.39, 0.29) is 5.91 Å². The van der Waals surface area contributed by atoms with Gasteiger partial charge in [0.2, 0.25) is 5.91 Å². The fraction of sp³-hybridized carbons (Fsp3) is 0.130. The predicted molar refractivity (Wildman–Crippen MR) is 110 cm³/mol. The fourth-order valence-corrected chi connectivity index (χ4v) is 4.21. The Balaban J connectivity index is 1.59. The van der Waals surface area contributed by atoms with Gasteiger partial charge in [-0.05, 0) is 54.1 Å². The van der Waals surface area contributed by atoms with Crippen LogP contribution in [-0.2, 0) is 14.4 Å². The number of nitrogens with zero attached hydrogens (tertiary/aromatic N) is 2. The number of fused-ring (bicyclic) bond motifs is 1. The molecule has 0 bridgehead atoms. The molecular weight excluding hydrogens is 407 g/mol. The molecule has 0 spiro atoms.